The van der Waals surface area contributed by atoms with E-state index in [4.69, 9.17) is 9.47 Å². The van der Waals surface area contributed by atoms with Crippen LogP contribution in [0, 0.1) is 0 Å². The number of alkyl halides is 1. The van der Waals surface area contributed by atoms with Crippen molar-refractivity contribution in [2.45, 2.75) is 31.8 Å². The minimum atomic E-state index is 0.383. The molecule has 0 N–H and O–H groups in total. The molecule has 0 aliphatic carbocycles. The van der Waals surface area contributed by atoms with E-state index in [0.29, 0.717) is 6.10 Å². The normalized spacial score (nSPS) is 23.2. The Hall–Kier alpha value is 0.400. The Balaban J connectivity index is 1.81. The topological polar surface area (TPSA) is 18.5 Å². The van der Waals surface area contributed by atoms with Crippen molar-refractivity contribution >= 4 is 15.9 Å². The summed E-state index contributed by atoms with van der Waals surface area (Å²) < 4.78 is 10.8. The summed E-state index contributed by atoms with van der Waals surface area (Å²) in [5.74, 6) is 0. The van der Waals surface area contributed by atoms with Crippen LogP contribution in [0.4, 0.5) is 0 Å². The van der Waals surface area contributed by atoms with Gasteiger partial charge in [-0.15, -0.1) is 0 Å². The molecule has 0 radical (unpaired) electrons. The molecule has 0 aromatic rings. The molecule has 0 aromatic carbocycles. The SMILES string of the molecule is BrCCCCCOC1CCOC1. The zero-order chi connectivity index (χ0) is 8.65. The highest BCUT2D eigenvalue weighted by molar-refractivity contribution is 9.09. The van der Waals surface area contributed by atoms with Gasteiger partial charge in [0.2, 0.25) is 0 Å². The van der Waals surface area contributed by atoms with Gasteiger partial charge in [0, 0.05) is 18.5 Å². The predicted octanol–water partition coefficient (Wildman–Crippen LogP) is 2.36. The van der Waals surface area contributed by atoms with E-state index >= 15 is 0 Å². The molecule has 1 rings (SSSR count). The largest absolute Gasteiger partial charge is 0.379 e. The second-order valence-corrected chi connectivity index (χ2v) is 3.90. The molecule has 3 heteroatoms. The first-order chi connectivity index (χ1) is 5.93. The minimum absolute atomic E-state index is 0.383. The summed E-state index contributed by atoms with van der Waals surface area (Å²) in [6, 6.07) is 0. The second kappa shape index (κ2) is 6.87. The zero-order valence-corrected chi connectivity index (χ0v) is 9.01. The Morgan fingerprint density at radius 2 is 2.25 bits per heavy atom. The van der Waals surface area contributed by atoms with Crippen molar-refractivity contribution in [3.8, 4) is 0 Å². The third kappa shape index (κ3) is 4.43. The number of unbranched alkanes of at least 4 members (excludes halogenated alkanes) is 2. The van der Waals surface area contributed by atoms with E-state index in [2.05, 4.69) is 15.9 Å². The number of hydrogen-bond acceptors (Lipinski definition) is 2. The van der Waals surface area contributed by atoms with Crippen LogP contribution in [-0.2, 0) is 9.47 Å². The molecule has 0 amide bonds. The van der Waals surface area contributed by atoms with Gasteiger partial charge in [0.1, 0.15) is 0 Å². The van der Waals surface area contributed by atoms with Crippen molar-refractivity contribution in [3.63, 3.8) is 0 Å². The lowest BCUT2D eigenvalue weighted by Gasteiger charge is -2.08. The van der Waals surface area contributed by atoms with E-state index < -0.39 is 0 Å². The Morgan fingerprint density at radius 3 is 2.92 bits per heavy atom. The Morgan fingerprint density at radius 1 is 1.33 bits per heavy atom. The maximum atomic E-state index is 5.61. The number of rotatable bonds is 6. The van der Waals surface area contributed by atoms with Crippen LogP contribution in [0.2, 0.25) is 0 Å². The molecule has 72 valence electrons. The molecule has 0 bridgehead atoms. The smallest absolute Gasteiger partial charge is 0.0830 e. The van der Waals surface area contributed by atoms with Crippen LogP contribution < -0.4 is 0 Å². The first-order valence-corrected chi connectivity index (χ1v) is 5.81. The number of hydrogen-bond donors (Lipinski definition) is 0. The van der Waals surface area contributed by atoms with Crippen LogP contribution in [0.5, 0.6) is 0 Å². The van der Waals surface area contributed by atoms with E-state index in [-0.39, 0.29) is 0 Å². The summed E-state index contributed by atoms with van der Waals surface area (Å²) in [7, 11) is 0. The van der Waals surface area contributed by atoms with Crippen molar-refractivity contribution in [3.05, 3.63) is 0 Å². The molecule has 0 spiro atoms. The zero-order valence-electron chi connectivity index (χ0n) is 7.43. The van der Waals surface area contributed by atoms with Gasteiger partial charge in [-0.05, 0) is 19.3 Å². The van der Waals surface area contributed by atoms with Gasteiger partial charge in [0.05, 0.1) is 12.7 Å². The lowest BCUT2D eigenvalue weighted by atomic mass is 10.2. The van der Waals surface area contributed by atoms with Gasteiger partial charge in [-0.2, -0.15) is 0 Å². The van der Waals surface area contributed by atoms with Crippen LogP contribution in [0.3, 0.4) is 0 Å². The molecule has 2 nitrogen and oxygen atoms in total. The first kappa shape index (κ1) is 10.5. The third-order valence-corrected chi connectivity index (χ3v) is 2.58. The number of ether oxygens (including phenoxy) is 2. The van der Waals surface area contributed by atoms with Crippen LogP contribution in [-0.4, -0.2) is 31.3 Å². The summed E-state index contributed by atoms with van der Waals surface area (Å²) in [5, 5.41) is 1.11. The second-order valence-electron chi connectivity index (χ2n) is 3.11. The average molecular weight is 237 g/mol. The van der Waals surface area contributed by atoms with Crippen LogP contribution >= 0.6 is 15.9 Å². The monoisotopic (exact) mass is 236 g/mol. The van der Waals surface area contributed by atoms with Gasteiger partial charge >= 0.3 is 0 Å². The van der Waals surface area contributed by atoms with Gasteiger partial charge in [0.15, 0.2) is 0 Å². The minimum Gasteiger partial charge on any atom is -0.379 e. The van der Waals surface area contributed by atoms with Crippen LogP contribution in [0.1, 0.15) is 25.7 Å². The van der Waals surface area contributed by atoms with E-state index in [1.165, 1.54) is 19.3 Å². The Kier molecular flexibility index (Phi) is 6.00. The molecule has 1 aliphatic rings. The van der Waals surface area contributed by atoms with E-state index in [1.807, 2.05) is 0 Å². The summed E-state index contributed by atoms with van der Waals surface area (Å²) in [5.41, 5.74) is 0. The van der Waals surface area contributed by atoms with Gasteiger partial charge in [-0.25, -0.2) is 0 Å². The highest BCUT2D eigenvalue weighted by atomic mass is 79.9. The van der Waals surface area contributed by atoms with Crippen LogP contribution in [0.25, 0.3) is 0 Å². The quantitative estimate of drug-likeness (QED) is 0.521. The summed E-state index contributed by atoms with van der Waals surface area (Å²) in [6.45, 7) is 2.59. The highest BCUT2D eigenvalue weighted by Gasteiger charge is 2.14. The highest BCUT2D eigenvalue weighted by Crippen LogP contribution is 2.09. The standard InChI is InChI=1S/C9H17BrO2/c10-5-2-1-3-6-12-9-4-7-11-8-9/h9H,1-8H2. The van der Waals surface area contributed by atoms with Crippen LogP contribution in [0.15, 0.2) is 0 Å². The number of halogens is 1. The fourth-order valence-electron chi connectivity index (χ4n) is 1.27. The first-order valence-electron chi connectivity index (χ1n) is 4.69. The summed E-state index contributed by atoms with van der Waals surface area (Å²) >= 11 is 3.41. The molecule has 1 atom stereocenters. The van der Waals surface area contributed by atoms with Gasteiger partial charge in [0.25, 0.3) is 0 Å². The molecule has 0 aromatic heterocycles. The van der Waals surface area contributed by atoms with Gasteiger partial charge in [-0.1, -0.05) is 22.4 Å². The molecule has 1 fully saturated rings. The summed E-state index contributed by atoms with van der Waals surface area (Å²) in [6.07, 6.45) is 5.16. The van der Waals surface area contributed by atoms with Gasteiger partial charge < -0.3 is 9.47 Å². The molecule has 1 heterocycles. The molecular formula is C9H17BrO2. The average Bonchev–Trinajstić information content (AvgIpc) is 2.57. The van der Waals surface area contributed by atoms with Crippen molar-refractivity contribution in [1.82, 2.24) is 0 Å². The van der Waals surface area contributed by atoms with Crippen molar-refractivity contribution in [1.29, 1.82) is 0 Å². The van der Waals surface area contributed by atoms with E-state index in [9.17, 15) is 0 Å². The molecule has 12 heavy (non-hydrogen) atoms. The Labute approximate surface area is 82.7 Å². The maximum absolute atomic E-state index is 5.61. The lowest BCUT2D eigenvalue weighted by Crippen LogP contribution is -2.12. The van der Waals surface area contributed by atoms with E-state index in [0.717, 1.165) is 31.6 Å². The molecule has 0 saturated carbocycles. The molecule has 1 saturated heterocycles. The Bertz CT molecular complexity index is 103. The van der Waals surface area contributed by atoms with E-state index in [1.54, 1.807) is 0 Å². The maximum Gasteiger partial charge on any atom is 0.0830 e. The molecule has 1 unspecified atom stereocenters. The lowest BCUT2D eigenvalue weighted by molar-refractivity contribution is 0.0408. The summed E-state index contributed by atoms with van der Waals surface area (Å²) in [4.78, 5) is 0. The third-order valence-electron chi connectivity index (χ3n) is 2.02. The molecular weight excluding hydrogens is 220 g/mol. The molecule has 1 aliphatic heterocycles. The fraction of sp³-hybridized carbons (Fsp3) is 1.00. The fourth-order valence-corrected chi connectivity index (χ4v) is 1.66. The van der Waals surface area contributed by atoms with Gasteiger partial charge in [-0.3, -0.25) is 0 Å². The van der Waals surface area contributed by atoms with Crippen molar-refractivity contribution < 1.29 is 9.47 Å². The van der Waals surface area contributed by atoms with Crippen molar-refractivity contribution in [2.24, 2.45) is 0 Å². The van der Waals surface area contributed by atoms with Crippen molar-refractivity contribution in [2.75, 3.05) is 25.2 Å². The predicted molar refractivity (Wildman–Crippen MR) is 52.8 cm³/mol.